The van der Waals surface area contributed by atoms with Crippen LogP contribution >= 0.6 is 0 Å². The molecule has 72 valence electrons. The normalized spacial score (nSPS) is 12.8. The molecule has 1 aromatic carbocycles. The van der Waals surface area contributed by atoms with Crippen molar-refractivity contribution < 1.29 is 10.2 Å². The number of phenols is 2. The van der Waals surface area contributed by atoms with E-state index in [1.54, 1.807) is 13.1 Å². The maximum absolute atomic E-state index is 9.19. The zero-order valence-corrected chi connectivity index (χ0v) is 7.49. The van der Waals surface area contributed by atoms with Crippen LogP contribution in [0.4, 0.5) is 0 Å². The first-order valence-corrected chi connectivity index (χ1v) is 4.07. The smallest absolute Gasteiger partial charge is 0.157 e. The summed E-state index contributed by atoms with van der Waals surface area (Å²) < 4.78 is 0. The Morgan fingerprint density at radius 1 is 1.38 bits per heavy atom. The highest BCUT2D eigenvalue weighted by Crippen LogP contribution is 2.26. The fraction of sp³-hybridized carbons (Fsp3) is 0.333. The van der Waals surface area contributed by atoms with E-state index in [0.29, 0.717) is 6.54 Å². The molecule has 0 bridgehead atoms. The molecule has 0 aliphatic heterocycles. The molecule has 0 amide bonds. The summed E-state index contributed by atoms with van der Waals surface area (Å²) in [5, 5.41) is 21.2. The molecule has 1 rings (SSSR count). The number of nitrogens with one attached hydrogen (secondary N) is 1. The minimum absolute atomic E-state index is 0.125. The summed E-state index contributed by atoms with van der Waals surface area (Å²) in [5.41, 5.74) is 6.57. The van der Waals surface area contributed by atoms with Crippen LogP contribution in [-0.4, -0.2) is 23.8 Å². The number of nitrogens with two attached hydrogens (primary N) is 1. The van der Waals surface area contributed by atoms with Crippen molar-refractivity contribution in [1.82, 2.24) is 5.32 Å². The summed E-state index contributed by atoms with van der Waals surface area (Å²) in [6, 6.07) is 4.42. The summed E-state index contributed by atoms with van der Waals surface area (Å²) >= 11 is 0. The Morgan fingerprint density at radius 3 is 2.62 bits per heavy atom. The van der Waals surface area contributed by atoms with Gasteiger partial charge in [0, 0.05) is 12.6 Å². The SMILES string of the molecule is CNCC(N)c1ccc(O)c(O)c1. The standard InChI is InChI=1S/C9H14N2O2/c1-11-5-7(10)6-2-3-8(12)9(13)4-6/h2-4,7,11-13H,5,10H2,1H3. The highest BCUT2D eigenvalue weighted by atomic mass is 16.3. The molecule has 4 nitrogen and oxygen atoms in total. The van der Waals surface area contributed by atoms with Crippen LogP contribution in [0, 0.1) is 0 Å². The van der Waals surface area contributed by atoms with E-state index in [1.165, 1.54) is 12.1 Å². The van der Waals surface area contributed by atoms with Crippen molar-refractivity contribution in [1.29, 1.82) is 0 Å². The monoisotopic (exact) mass is 182 g/mol. The first-order chi connectivity index (χ1) is 6.15. The molecule has 0 saturated carbocycles. The molecule has 0 aliphatic carbocycles. The highest BCUT2D eigenvalue weighted by molar-refractivity contribution is 5.41. The van der Waals surface area contributed by atoms with Crippen LogP contribution in [0.3, 0.4) is 0 Å². The molecular formula is C9H14N2O2. The largest absolute Gasteiger partial charge is 0.504 e. The van der Waals surface area contributed by atoms with Crippen LogP contribution in [0.1, 0.15) is 11.6 Å². The molecule has 0 heterocycles. The third-order valence-electron chi connectivity index (χ3n) is 1.85. The fourth-order valence-corrected chi connectivity index (χ4v) is 1.11. The van der Waals surface area contributed by atoms with Crippen molar-refractivity contribution in [3.05, 3.63) is 23.8 Å². The number of rotatable bonds is 3. The quantitative estimate of drug-likeness (QED) is 0.507. The van der Waals surface area contributed by atoms with Gasteiger partial charge in [-0.1, -0.05) is 6.07 Å². The fourth-order valence-electron chi connectivity index (χ4n) is 1.11. The Morgan fingerprint density at radius 2 is 2.08 bits per heavy atom. The summed E-state index contributed by atoms with van der Waals surface area (Å²) in [4.78, 5) is 0. The lowest BCUT2D eigenvalue weighted by Crippen LogP contribution is -2.23. The lowest BCUT2D eigenvalue weighted by atomic mass is 10.1. The molecule has 1 unspecified atom stereocenters. The van der Waals surface area contributed by atoms with Crippen LogP contribution in [-0.2, 0) is 0 Å². The molecule has 4 heteroatoms. The van der Waals surface area contributed by atoms with Crippen molar-refractivity contribution in [3.8, 4) is 11.5 Å². The average Bonchev–Trinajstić information content (AvgIpc) is 2.10. The van der Waals surface area contributed by atoms with Gasteiger partial charge in [-0.2, -0.15) is 0 Å². The van der Waals surface area contributed by atoms with Crippen LogP contribution in [0.15, 0.2) is 18.2 Å². The second kappa shape index (κ2) is 4.11. The van der Waals surface area contributed by atoms with Crippen molar-refractivity contribution in [3.63, 3.8) is 0 Å². The third kappa shape index (κ3) is 2.34. The maximum Gasteiger partial charge on any atom is 0.157 e. The van der Waals surface area contributed by atoms with Gasteiger partial charge in [-0.3, -0.25) is 0 Å². The Bertz CT molecular complexity index is 289. The van der Waals surface area contributed by atoms with Gasteiger partial charge in [0.15, 0.2) is 11.5 Å². The van der Waals surface area contributed by atoms with E-state index >= 15 is 0 Å². The molecule has 0 aliphatic rings. The third-order valence-corrected chi connectivity index (χ3v) is 1.85. The van der Waals surface area contributed by atoms with Crippen LogP contribution in [0.5, 0.6) is 11.5 Å². The van der Waals surface area contributed by atoms with Gasteiger partial charge < -0.3 is 21.3 Å². The van der Waals surface area contributed by atoms with E-state index in [1.807, 2.05) is 0 Å². The van der Waals surface area contributed by atoms with Gasteiger partial charge >= 0.3 is 0 Å². The molecule has 0 aromatic heterocycles. The van der Waals surface area contributed by atoms with E-state index in [2.05, 4.69) is 5.32 Å². The number of likely N-dealkylation sites (N-methyl/N-ethyl adjacent to an activating group) is 1. The molecule has 13 heavy (non-hydrogen) atoms. The minimum Gasteiger partial charge on any atom is -0.504 e. The zero-order chi connectivity index (χ0) is 9.84. The molecule has 0 spiro atoms. The number of hydrogen-bond donors (Lipinski definition) is 4. The van der Waals surface area contributed by atoms with Gasteiger partial charge in [0.25, 0.3) is 0 Å². The molecule has 5 N–H and O–H groups in total. The summed E-state index contributed by atoms with van der Waals surface area (Å²) in [6.07, 6.45) is 0. The predicted octanol–water partition coefficient (Wildman–Crippen LogP) is 0.317. The Balaban J connectivity index is 2.84. The molecule has 0 saturated heterocycles. The van der Waals surface area contributed by atoms with Gasteiger partial charge in [0.1, 0.15) is 0 Å². The number of benzene rings is 1. The molecular weight excluding hydrogens is 168 g/mol. The van der Waals surface area contributed by atoms with Crippen LogP contribution in [0.2, 0.25) is 0 Å². The lowest BCUT2D eigenvalue weighted by Gasteiger charge is -2.11. The van der Waals surface area contributed by atoms with E-state index < -0.39 is 0 Å². The summed E-state index contributed by atoms with van der Waals surface area (Å²) in [6.45, 7) is 0.629. The van der Waals surface area contributed by atoms with Gasteiger partial charge in [0.05, 0.1) is 0 Å². The Hall–Kier alpha value is -1.26. The van der Waals surface area contributed by atoms with Crippen molar-refractivity contribution >= 4 is 0 Å². The zero-order valence-electron chi connectivity index (χ0n) is 7.49. The van der Waals surface area contributed by atoms with Gasteiger partial charge in [-0.05, 0) is 24.7 Å². The minimum atomic E-state index is -0.170. The molecule has 1 aromatic rings. The molecule has 0 fully saturated rings. The molecule has 1 atom stereocenters. The number of phenolic OH excluding ortho intramolecular Hbond substituents is 2. The molecule has 0 radical (unpaired) electrons. The van der Waals surface area contributed by atoms with Crippen molar-refractivity contribution in [2.75, 3.05) is 13.6 Å². The number of hydrogen-bond acceptors (Lipinski definition) is 4. The van der Waals surface area contributed by atoms with Crippen LogP contribution < -0.4 is 11.1 Å². The topological polar surface area (TPSA) is 78.5 Å². The second-order valence-electron chi connectivity index (χ2n) is 2.91. The lowest BCUT2D eigenvalue weighted by molar-refractivity contribution is 0.402. The predicted molar refractivity (Wildman–Crippen MR) is 50.6 cm³/mol. The maximum atomic E-state index is 9.19. The van der Waals surface area contributed by atoms with Crippen LogP contribution in [0.25, 0.3) is 0 Å². The van der Waals surface area contributed by atoms with Gasteiger partial charge in [-0.25, -0.2) is 0 Å². The highest BCUT2D eigenvalue weighted by Gasteiger charge is 2.07. The van der Waals surface area contributed by atoms with Crippen molar-refractivity contribution in [2.45, 2.75) is 6.04 Å². The van der Waals surface area contributed by atoms with E-state index in [4.69, 9.17) is 10.8 Å². The summed E-state index contributed by atoms with van der Waals surface area (Å²) in [7, 11) is 1.81. The first-order valence-electron chi connectivity index (χ1n) is 4.07. The van der Waals surface area contributed by atoms with E-state index in [-0.39, 0.29) is 17.5 Å². The van der Waals surface area contributed by atoms with Gasteiger partial charge in [-0.15, -0.1) is 0 Å². The number of aromatic hydroxyl groups is 2. The first kappa shape index (κ1) is 9.83. The Labute approximate surface area is 77.0 Å². The second-order valence-corrected chi connectivity index (χ2v) is 2.91. The van der Waals surface area contributed by atoms with E-state index in [9.17, 15) is 5.11 Å². The van der Waals surface area contributed by atoms with E-state index in [0.717, 1.165) is 5.56 Å². The summed E-state index contributed by atoms with van der Waals surface area (Å²) in [5.74, 6) is -0.260. The Kier molecular flexibility index (Phi) is 3.11. The van der Waals surface area contributed by atoms with Gasteiger partial charge in [0.2, 0.25) is 0 Å². The average molecular weight is 182 g/mol. The van der Waals surface area contributed by atoms with Crippen molar-refractivity contribution in [2.24, 2.45) is 5.73 Å².